The Balaban J connectivity index is 1.65. The van der Waals surface area contributed by atoms with Gasteiger partial charge in [0.1, 0.15) is 6.04 Å². The number of likely N-dealkylation sites (tertiary alicyclic amines) is 1. The van der Waals surface area contributed by atoms with E-state index in [9.17, 15) is 9.59 Å². The first-order valence-corrected chi connectivity index (χ1v) is 10.7. The molecule has 1 saturated heterocycles. The van der Waals surface area contributed by atoms with Gasteiger partial charge in [0.25, 0.3) is 5.91 Å². The van der Waals surface area contributed by atoms with Crippen LogP contribution in [0.25, 0.3) is 0 Å². The summed E-state index contributed by atoms with van der Waals surface area (Å²) in [5.74, 6) is 0.0119. The van der Waals surface area contributed by atoms with Crippen molar-refractivity contribution in [2.45, 2.75) is 38.6 Å². The highest BCUT2D eigenvalue weighted by molar-refractivity contribution is 6.30. The molecular weight excluding hydrogens is 398 g/mol. The maximum Gasteiger partial charge on any atom is 0.252 e. The summed E-state index contributed by atoms with van der Waals surface area (Å²) in [4.78, 5) is 27.9. The summed E-state index contributed by atoms with van der Waals surface area (Å²) >= 11 is 5.98. The van der Waals surface area contributed by atoms with E-state index < -0.39 is 6.04 Å². The van der Waals surface area contributed by atoms with Crippen molar-refractivity contribution in [3.8, 4) is 0 Å². The Morgan fingerprint density at radius 3 is 2.33 bits per heavy atom. The minimum atomic E-state index is -0.594. The van der Waals surface area contributed by atoms with Crippen LogP contribution in [0.5, 0.6) is 0 Å². The fraction of sp³-hybridized carbons (Fsp3) is 0.375. The Labute approximate surface area is 182 Å². The molecule has 5 nitrogen and oxygen atoms in total. The van der Waals surface area contributed by atoms with Crippen LogP contribution >= 0.6 is 11.6 Å². The first-order chi connectivity index (χ1) is 14.4. The number of hydrogen-bond donors (Lipinski definition) is 2. The van der Waals surface area contributed by atoms with Gasteiger partial charge in [-0.2, -0.15) is 0 Å². The van der Waals surface area contributed by atoms with Crippen molar-refractivity contribution in [1.29, 1.82) is 5.41 Å². The molecule has 6 heteroatoms. The van der Waals surface area contributed by atoms with Crippen molar-refractivity contribution in [3.63, 3.8) is 0 Å². The molecule has 2 N–H and O–H groups in total. The van der Waals surface area contributed by atoms with Crippen molar-refractivity contribution in [3.05, 3.63) is 70.2 Å². The molecule has 2 amide bonds. The van der Waals surface area contributed by atoms with Crippen molar-refractivity contribution in [1.82, 2.24) is 10.2 Å². The van der Waals surface area contributed by atoms with Crippen LogP contribution in [0.3, 0.4) is 0 Å². The minimum Gasteiger partial charge on any atom is -0.341 e. The second-order valence-electron chi connectivity index (χ2n) is 8.08. The zero-order valence-corrected chi connectivity index (χ0v) is 18.2. The first-order valence-electron chi connectivity index (χ1n) is 10.3. The zero-order chi connectivity index (χ0) is 21.7. The third-order valence-corrected chi connectivity index (χ3v) is 5.98. The van der Waals surface area contributed by atoms with Crippen molar-refractivity contribution >= 4 is 29.6 Å². The Hall–Kier alpha value is -2.66. The summed E-state index contributed by atoms with van der Waals surface area (Å²) in [6, 6.07) is 14.3. The predicted molar refractivity (Wildman–Crippen MR) is 120 cm³/mol. The lowest BCUT2D eigenvalue weighted by atomic mass is 9.89. The number of carbonyl (C=O) groups excluding carboxylic acids is 2. The zero-order valence-electron chi connectivity index (χ0n) is 17.4. The maximum absolute atomic E-state index is 13.2. The molecule has 0 spiro atoms. The average molecular weight is 426 g/mol. The van der Waals surface area contributed by atoms with Gasteiger partial charge in [-0.05, 0) is 48.4 Å². The number of rotatable bonds is 6. The number of carbonyl (C=O) groups is 2. The van der Waals surface area contributed by atoms with Crippen LogP contribution in [-0.2, 0) is 4.79 Å². The number of halogens is 1. The third kappa shape index (κ3) is 5.08. The smallest absolute Gasteiger partial charge is 0.252 e. The Kier molecular flexibility index (Phi) is 7.27. The topological polar surface area (TPSA) is 73.3 Å². The van der Waals surface area contributed by atoms with Crippen LogP contribution in [0.1, 0.15) is 54.1 Å². The highest BCUT2D eigenvalue weighted by atomic mass is 35.5. The van der Waals surface area contributed by atoms with Crippen molar-refractivity contribution in [2.24, 2.45) is 5.92 Å². The number of nitrogens with zero attached hydrogens (tertiary/aromatic N) is 1. The van der Waals surface area contributed by atoms with Gasteiger partial charge < -0.3 is 15.6 Å². The van der Waals surface area contributed by atoms with E-state index in [1.165, 1.54) is 5.56 Å². The van der Waals surface area contributed by atoms with Crippen LogP contribution in [0.15, 0.2) is 48.5 Å². The molecule has 1 fully saturated rings. The summed E-state index contributed by atoms with van der Waals surface area (Å²) in [5, 5.41) is 11.1. The molecule has 0 bridgehead atoms. The SMILES string of the molecule is CC(C)[C@@H](NC(=O)c1ccccc1C=N)C(=O)N1CCC(c2ccc(Cl)cc2)CC1. The Morgan fingerprint density at radius 2 is 1.73 bits per heavy atom. The van der Waals surface area contributed by atoms with E-state index >= 15 is 0 Å². The molecule has 1 heterocycles. The standard InChI is InChI=1S/C24H28ClN3O2/c1-16(2)22(27-23(29)21-6-4-3-5-19(21)15-26)24(30)28-13-11-18(12-14-28)17-7-9-20(25)10-8-17/h3-10,15-16,18,22,26H,11-14H2,1-2H3,(H,27,29)/t22-/m1/s1. The molecule has 158 valence electrons. The predicted octanol–water partition coefficient (Wildman–Crippen LogP) is 4.50. The molecule has 1 aliphatic rings. The molecule has 30 heavy (non-hydrogen) atoms. The van der Waals surface area contributed by atoms with Gasteiger partial charge in [0, 0.05) is 35.5 Å². The number of amides is 2. The summed E-state index contributed by atoms with van der Waals surface area (Å²) in [7, 11) is 0. The summed E-state index contributed by atoms with van der Waals surface area (Å²) in [6.07, 6.45) is 2.94. The molecule has 2 aromatic rings. The van der Waals surface area contributed by atoms with E-state index in [0.29, 0.717) is 30.1 Å². The second-order valence-corrected chi connectivity index (χ2v) is 8.51. The number of nitrogens with one attached hydrogen (secondary N) is 2. The van der Waals surface area contributed by atoms with E-state index in [0.717, 1.165) is 24.1 Å². The first kappa shape index (κ1) is 22.0. The summed E-state index contributed by atoms with van der Waals surface area (Å²) < 4.78 is 0. The lowest BCUT2D eigenvalue weighted by molar-refractivity contribution is -0.135. The quantitative estimate of drug-likeness (QED) is 0.669. The van der Waals surface area contributed by atoms with Crippen molar-refractivity contribution < 1.29 is 9.59 Å². The third-order valence-electron chi connectivity index (χ3n) is 5.73. The lowest BCUT2D eigenvalue weighted by Crippen LogP contribution is -2.53. The highest BCUT2D eigenvalue weighted by Gasteiger charge is 2.32. The monoisotopic (exact) mass is 425 g/mol. The van der Waals surface area contributed by atoms with Gasteiger partial charge in [-0.3, -0.25) is 9.59 Å². The Morgan fingerprint density at radius 1 is 1.10 bits per heavy atom. The second kappa shape index (κ2) is 9.90. The van der Waals surface area contributed by atoms with Crippen LogP contribution in [0, 0.1) is 11.3 Å². The van der Waals surface area contributed by atoms with E-state index in [4.69, 9.17) is 17.0 Å². The molecule has 0 radical (unpaired) electrons. The summed E-state index contributed by atoms with van der Waals surface area (Å²) in [6.45, 7) is 5.21. The molecule has 0 aromatic heterocycles. The molecule has 3 rings (SSSR count). The van der Waals surface area contributed by atoms with Gasteiger partial charge in [-0.25, -0.2) is 0 Å². The molecular formula is C24H28ClN3O2. The number of hydrogen-bond acceptors (Lipinski definition) is 3. The molecule has 0 saturated carbocycles. The number of benzene rings is 2. The molecule has 0 aliphatic carbocycles. The highest BCUT2D eigenvalue weighted by Crippen LogP contribution is 2.29. The van der Waals surface area contributed by atoms with Crippen LogP contribution < -0.4 is 5.32 Å². The van der Waals surface area contributed by atoms with Crippen molar-refractivity contribution in [2.75, 3.05) is 13.1 Å². The van der Waals surface area contributed by atoms with Crippen LogP contribution in [0.4, 0.5) is 0 Å². The summed E-state index contributed by atoms with van der Waals surface area (Å²) in [5.41, 5.74) is 2.20. The van der Waals surface area contributed by atoms with E-state index in [1.54, 1.807) is 24.3 Å². The molecule has 1 atom stereocenters. The van der Waals surface area contributed by atoms with Gasteiger partial charge in [-0.1, -0.05) is 55.8 Å². The van der Waals surface area contributed by atoms with E-state index in [2.05, 4.69) is 17.4 Å². The fourth-order valence-corrected chi connectivity index (χ4v) is 4.05. The van der Waals surface area contributed by atoms with E-state index in [1.807, 2.05) is 30.9 Å². The van der Waals surface area contributed by atoms with Gasteiger partial charge in [-0.15, -0.1) is 0 Å². The molecule has 0 unspecified atom stereocenters. The fourth-order valence-electron chi connectivity index (χ4n) is 3.93. The van der Waals surface area contributed by atoms with Gasteiger partial charge in [0.15, 0.2) is 0 Å². The van der Waals surface area contributed by atoms with Gasteiger partial charge in [0.2, 0.25) is 5.91 Å². The normalized spacial score (nSPS) is 15.7. The maximum atomic E-state index is 13.2. The van der Waals surface area contributed by atoms with Gasteiger partial charge >= 0.3 is 0 Å². The average Bonchev–Trinajstić information content (AvgIpc) is 2.77. The number of piperidine rings is 1. The lowest BCUT2D eigenvalue weighted by Gasteiger charge is -2.35. The van der Waals surface area contributed by atoms with Crippen LogP contribution in [-0.4, -0.2) is 42.1 Å². The van der Waals surface area contributed by atoms with E-state index in [-0.39, 0.29) is 17.7 Å². The largest absolute Gasteiger partial charge is 0.341 e. The van der Waals surface area contributed by atoms with Crippen LogP contribution in [0.2, 0.25) is 5.02 Å². The Bertz CT molecular complexity index is 903. The molecule has 2 aromatic carbocycles. The molecule has 1 aliphatic heterocycles. The van der Waals surface area contributed by atoms with Gasteiger partial charge in [0.05, 0.1) is 0 Å². The minimum absolute atomic E-state index is 0.0393.